The number of benzene rings is 3. The highest BCUT2D eigenvalue weighted by atomic mass is 16.5. The molecule has 9 heteroatoms. The molecule has 3 rings (SSSR count). The minimum atomic E-state index is -0.480. The monoisotopic (exact) mass is 545 g/mol. The summed E-state index contributed by atoms with van der Waals surface area (Å²) in [6.07, 6.45) is 5.48. The van der Waals surface area contributed by atoms with Crippen LogP contribution in [-0.4, -0.2) is 43.8 Å². The second kappa shape index (κ2) is 16.3. The zero-order valence-corrected chi connectivity index (χ0v) is 22.9. The number of hydrazone groups is 1. The van der Waals surface area contributed by atoms with E-state index in [4.69, 9.17) is 14.2 Å². The van der Waals surface area contributed by atoms with Gasteiger partial charge in [0.25, 0.3) is 11.8 Å². The number of ether oxygens (including phenoxy) is 3. The van der Waals surface area contributed by atoms with Crippen molar-refractivity contribution in [3.05, 3.63) is 89.5 Å². The smallest absolute Gasteiger partial charge is 0.343 e. The Morgan fingerprint density at radius 3 is 1.80 bits per heavy atom. The van der Waals surface area contributed by atoms with E-state index in [1.54, 1.807) is 72.8 Å². The topological polar surface area (TPSA) is 115 Å². The van der Waals surface area contributed by atoms with E-state index in [0.717, 1.165) is 25.7 Å². The minimum Gasteiger partial charge on any atom is -0.494 e. The lowest BCUT2D eigenvalue weighted by atomic mass is 10.2. The van der Waals surface area contributed by atoms with Gasteiger partial charge in [0, 0.05) is 5.56 Å². The summed E-state index contributed by atoms with van der Waals surface area (Å²) in [5.74, 6) is 0.449. The Hall–Kier alpha value is -4.66. The Labute approximate surface area is 234 Å². The molecule has 0 aliphatic heterocycles. The van der Waals surface area contributed by atoms with Gasteiger partial charge < -0.3 is 19.5 Å². The average Bonchev–Trinajstić information content (AvgIpc) is 2.98. The summed E-state index contributed by atoms with van der Waals surface area (Å²) in [5, 5.41) is 6.45. The van der Waals surface area contributed by atoms with Crippen LogP contribution in [0, 0.1) is 0 Å². The van der Waals surface area contributed by atoms with Gasteiger partial charge in [-0.15, -0.1) is 0 Å². The number of hydrogen-bond donors (Lipinski definition) is 2. The lowest BCUT2D eigenvalue weighted by Gasteiger charge is -2.07. The van der Waals surface area contributed by atoms with Crippen LogP contribution in [0.5, 0.6) is 17.2 Å². The molecule has 210 valence electrons. The Kier molecular flexibility index (Phi) is 12.2. The number of amides is 2. The molecule has 0 atom stereocenters. The summed E-state index contributed by atoms with van der Waals surface area (Å²) in [6, 6.07) is 20.2. The van der Waals surface area contributed by atoms with Crippen molar-refractivity contribution in [1.82, 2.24) is 10.7 Å². The number of hydrogen-bond acceptors (Lipinski definition) is 7. The number of unbranched alkanes of at least 4 members (excludes halogenated alkanes) is 2. The predicted molar refractivity (Wildman–Crippen MR) is 153 cm³/mol. The fourth-order valence-corrected chi connectivity index (χ4v) is 3.33. The van der Waals surface area contributed by atoms with Gasteiger partial charge in [0.05, 0.1) is 31.5 Å². The Morgan fingerprint density at radius 1 is 0.725 bits per heavy atom. The molecule has 3 aromatic carbocycles. The normalized spacial score (nSPS) is 10.7. The third-order valence-electron chi connectivity index (χ3n) is 5.64. The Bertz CT molecular complexity index is 1260. The van der Waals surface area contributed by atoms with E-state index < -0.39 is 11.9 Å². The van der Waals surface area contributed by atoms with E-state index in [1.165, 1.54) is 6.21 Å². The second-order valence-corrected chi connectivity index (χ2v) is 8.89. The van der Waals surface area contributed by atoms with Crippen molar-refractivity contribution in [1.29, 1.82) is 0 Å². The molecule has 2 N–H and O–H groups in total. The van der Waals surface area contributed by atoms with E-state index in [1.807, 2.05) is 0 Å². The van der Waals surface area contributed by atoms with Crippen LogP contribution in [0.25, 0.3) is 0 Å². The van der Waals surface area contributed by atoms with Crippen LogP contribution < -0.4 is 25.0 Å². The van der Waals surface area contributed by atoms with Crippen molar-refractivity contribution in [3.63, 3.8) is 0 Å². The lowest BCUT2D eigenvalue weighted by Crippen LogP contribution is -2.34. The summed E-state index contributed by atoms with van der Waals surface area (Å²) in [4.78, 5) is 36.7. The van der Waals surface area contributed by atoms with Crippen molar-refractivity contribution >= 4 is 24.0 Å². The van der Waals surface area contributed by atoms with Crippen molar-refractivity contribution in [2.24, 2.45) is 5.10 Å². The molecular weight excluding hydrogens is 510 g/mol. The standard InChI is InChI=1S/C31H35N3O6/c1-3-5-19-38-26-15-9-24(10-16-26)30(36)32-22-29(35)34-33-21-23-7-13-28(14-8-23)40-31(37)25-11-17-27(18-12-25)39-20-6-4-2/h7-18,21H,3-6,19-20,22H2,1-2H3,(H,32,36)(H,34,35). The quantitative estimate of drug-likeness (QED) is 0.0898. The summed E-state index contributed by atoms with van der Waals surface area (Å²) < 4.78 is 16.6. The van der Waals surface area contributed by atoms with Crippen LogP contribution in [0.1, 0.15) is 65.8 Å². The third kappa shape index (κ3) is 10.2. The van der Waals surface area contributed by atoms with Crippen LogP contribution in [0.3, 0.4) is 0 Å². The molecule has 0 heterocycles. The third-order valence-corrected chi connectivity index (χ3v) is 5.64. The molecule has 0 bridgehead atoms. The molecule has 0 spiro atoms. The van der Waals surface area contributed by atoms with Crippen LogP contribution >= 0.6 is 0 Å². The number of esters is 1. The number of carbonyl (C=O) groups excluding carboxylic acids is 3. The minimum absolute atomic E-state index is 0.230. The molecule has 40 heavy (non-hydrogen) atoms. The average molecular weight is 546 g/mol. The first-order valence-electron chi connectivity index (χ1n) is 13.4. The van der Waals surface area contributed by atoms with E-state index in [9.17, 15) is 14.4 Å². The summed E-state index contributed by atoms with van der Waals surface area (Å²) in [5.41, 5.74) is 3.88. The first-order chi connectivity index (χ1) is 19.5. The van der Waals surface area contributed by atoms with Crippen molar-refractivity contribution in [3.8, 4) is 17.2 Å². The van der Waals surface area contributed by atoms with Gasteiger partial charge in [-0.1, -0.05) is 26.7 Å². The number of rotatable bonds is 15. The highest BCUT2D eigenvalue weighted by molar-refractivity contribution is 5.96. The molecule has 0 unspecified atom stereocenters. The predicted octanol–water partition coefficient (Wildman–Crippen LogP) is 5.14. The molecule has 3 aromatic rings. The van der Waals surface area contributed by atoms with Crippen molar-refractivity contribution in [2.45, 2.75) is 39.5 Å². The number of carbonyl (C=O) groups is 3. The maximum absolute atomic E-state index is 12.4. The molecule has 0 fully saturated rings. The molecule has 0 aromatic heterocycles. The molecule has 9 nitrogen and oxygen atoms in total. The van der Waals surface area contributed by atoms with Gasteiger partial charge in [-0.2, -0.15) is 5.10 Å². The number of nitrogens with zero attached hydrogens (tertiary/aromatic N) is 1. The molecule has 0 saturated carbocycles. The summed E-state index contributed by atoms with van der Waals surface area (Å²) in [6.45, 7) is 5.22. The first-order valence-corrected chi connectivity index (χ1v) is 13.4. The maximum Gasteiger partial charge on any atom is 0.343 e. The molecule has 0 radical (unpaired) electrons. The fourth-order valence-electron chi connectivity index (χ4n) is 3.33. The van der Waals surface area contributed by atoms with E-state index in [0.29, 0.717) is 47.2 Å². The van der Waals surface area contributed by atoms with Gasteiger partial charge in [-0.05, 0) is 91.2 Å². The van der Waals surface area contributed by atoms with Gasteiger partial charge in [0.1, 0.15) is 17.2 Å². The van der Waals surface area contributed by atoms with E-state index in [2.05, 4.69) is 29.7 Å². The largest absolute Gasteiger partial charge is 0.494 e. The highest BCUT2D eigenvalue weighted by Gasteiger charge is 2.10. The summed E-state index contributed by atoms with van der Waals surface area (Å²) in [7, 11) is 0. The second-order valence-electron chi connectivity index (χ2n) is 8.89. The van der Waals surface area contributed by atoms with Crippen LogP contribution in [0.4, 0.5) is 0 Å². The SMILES string of the molecule is CCCCOc1ccc(C(=O)NCC(=O)NN=Cc2ccc(OC(=O)c3ccc(OCCCC)cc3)cc2)cc1. The van der Waals surface area contributed by atoms with Crippen LogP contribution in [-0.2, 0) is 4.79 Å². The molecular formula is C31H35N3O6. The van der Waals surface area contributed by atoms with Gasteiger partial charge >= 0.3 is 5.97 Å². The molecule has 0 saturated heterocycles. The van der Waals surface area contributed by atoms with E-state index in [-0.39, 0.29) is 12.5 Å². The molecule has 0 aliphatic carbocycles. The van der Waals surface area contributed by atoms with Crippen molar-refractivity contribution in [2.75, 3.05) is 19.8 Å². The van der Waals surface area contributed by atoms with Crippen molar-refractivity contribution < 1.29 is 28.6 Å². The molecule has 2 amide bonds. The maximum atomic E-state index is 12.4. The van der Waals surface area contributed by atoms with Gasteiger partial charge in [-0.25, -0.2) is 10.2 Å². The Balaban J connectivity index is 1.39. The van der Waals surface area contributed by atoms with Crippen LogP contribution in [0.15, 0.2) is 77.9 Å². The summed E-state index contributed by atoms with van der Waals surface area (Å²) >= 11 is 0. The van der Waals surface area contributed by atoms with Gasteiger partial charge in [0.15, 0.2) is 0 Å². The zero-order chi connectivity index (χ0) is 28.6. The van der Waals surface area contributed by atoms with Crippen LogP contribution in [0.2, 0.25) is 0 Å². The number of nitrogens with one attached hydrogen (secondary N) is 2. The fraction of sp³-hybridized carbons (Fsp3) is 0.290. The van der Waals surface area contributed by atoms with Gasteiger partial charge in [0.2, 0.25) is 0 Å². The van der Waals surface area contributed by atoms with Gasteiger partial charge in [-0.3, -0.25) is 9.59 Å². The lowest BCUT2D eigenvalue weighted by molar-refractivity contribution is -0.120. The van der Waals surface area contributed by atoms with E-state index >= 15 is 0 Å². The highest BCUT2D eigenvalue weighted by Crippen LogP contribution is 2.17. The zero-order valence-electron chi connectivity index (χ0n) is 22.9. The first kappa shape index (κ1) is 29.9. The Morgan fingerprint density at radius 2 is 1.25 bits per heavy atom. The molecule has 0 aliphatic rings.